The lowest BCUT2D eigenvalue weighted by atomic mass is 10.1. The number of fused-ring (bicyclic) bond motifs is 2. The number of rotatable bonds is 3. The summed E-state index contributed by atoms with van der Waals surface area (Å²) >= 11 is 0. The van der Waals surface area contributed by atoms with Gasteiger partial charge in [-0.25, -0.2) is 13.1 Å². The fourth-order valence-corrected chi connectivity index (χ4v) is 4.76. The fraction of sp³-hybridized carbons (Fsp3) is 0.250. The summed E-state index contributed by atoms with van der Waals surface area (Å²) < 4.78 is 28.8. The molecule has 0 fully saturated rings. The monoisotopic (exact) mass is 409 g/mol. The number of aryl methyl sites for hydroxylation is 1. The minimum Gasteiger partial charge on any atom is -0.330 e. The molecule has 3 heterocycles. The predicted octanol–water partition coefficient (Wildman–Crippen LogP) is 1.80. The third kappa shape index (κ3) is 3.27. The number of carbonyl (C=O) groups excluding carboxylic acids is 1. The van der Waals surface area contributed by atoms with E-state index in [0.29, 0.717) is 17.2 Å². The van der Waals surface area contributed by atoms with Gasteiger partial charge in [0.05, 0.1) is 22.7 Å². The molecule has 148 valence electrons. The molecule has 0 radical (unpaired) electrons. The van der Waals surface area contributed by atoms with E-state index in [9.17, 15) is 13.2 Å². The van der Waals surface area contributed by atoms with Crippen LogP contribution in [0.3, 0.4) is 0 Å². The number of anilines is 1. The predicted molar refractivity (Wildman–Crippen MR) is 109 cm³/mol. The lowest BCUT2D eigenvalue weighted by Gasteiger charge is -2.27. The number of amides is 1. The summed E-state index contributed by atoms with van der Waals surface area (Å²) in [5, 5.41) is 7.74. The molecule has 3 aliphatic rings. The van der Waals surface area contributed by atoms with Crippen molar-refractivity contribution in [2.45, 2.75) is 19.3 Å². The van der Waals surface area contributed by atoms with Crippen LogP contribution in [-0.4, -0.2) is 47.1 Å². The molecule has 0 saturated heterocycles. The Hall–Kier alpha value is -3.20. The molecule has 1 amide bonds. The number of amidine groups is 1. The molecular formula is C20H19N5O3S. The van der Waals surface area contributed by atoms with E-state index in [1.807, 2.05) is 30.3 Å². The number of hydrogen-bond donors (Lipinski definition) is 1. The van der Waals surface area contributed by atoms with Crippen molar-refractivity contribution in [1.82, 2.24) is 14.7 Å². The van der Waals surface area contributed by atoms with Gasteiger partial charge in [0.25, 0.3) is 15.9 Å². The molecule has 2 aliphatic heterocycles. The van der Waals surface area contributed by atoms with Gasteiger partial charge in [-0.05, 0) is 43.5 Å². The zero-order valence-corrected chi connectivity index (χ0v) is 16.4. The topological polar surface area (TPSA) is 96.7 Å². The van der Waals surface area contributed by atoms with E-state index in [-0.39, 0.29) is 18.2 Å². The fourth-order valence-electron chi connectivity index (χ4n) is 3.79. The van der Waals surface area contributed by atoms with Crippen molar-refractivity contribution in [3.05, 3.63) is 65.5 Å². The van der Waals surface area contributed by atoms with Gasteiger partial charge < -0.3 is 10.2 Å². The zero-order chi connectivity index (χ0) is 20.0. The van der Waals surface area contributed by atoms with Crippen LogP contribution in [0.2, 0.25) is 0 Å². The van der Waals surface area contributed by atoms with E-state index in [2.05, 4.69) is 9.71 Å². The first kappa shape index (κ1) is 17.9. The smallest absolute Gasteiger partial charge is 0.258 e. The Morgan fingerprint density at radius 3 is 2.76 bits per heavy atom. The van der Waals surface area contributed by atoms with Gasteiger partial charge in [0.15, 0.2) is 0 Å². The third-order valence-electron chi connectivity index (χ3n) is 5.23. The molecule has 0 saturated carbocycles. The highest BCUT2D eigenvalue weighted by atomic mass is 32.2. The Balaban J connectivity index is 1.45. The van der Waals surface area contributed by atoms with Crippen LogP contribution < -0.4 is 5.32 Å². The van der Waals surface area contributed by atoms with Crippen molar-refractivity contribution in [1.29, 1.82) is 0 Å². The van der Waals surface area contributed by atoms with Crippen LogP contribution in [-0.2, 0) is 27.7 Å². The number of para-hydroxylation sites is 1. The molecule has 0 bridgehead atoms. The van der Waals surface area contributed by atoms with Crippen LogP contribution in [0.1, 0.15) is 17.7 Å². The van der Waals surface area contributed by atoms with Gasteiger partial charge in [0, 0.05) is 18.3 Å². The van der Waals surface area contributed by atoms with Gasteiger partial charge in [-0.2, -0.15) is 5.10 Å². The quantitative estimate of drug-likeness (QED) is 0.834. The van der Waals surface area contributed by atoms with Crippen molar-refractivity contribution in [3.8, 4) is 5.69 Å². The second kappa shape index (κ2) is 6.70. The number of benzene rings is 1. The van der Waals surface area contributed by atoms with Gasteiger partial charge in [-0.1, -0.05) is 18.2 Å². The molecule has 1 aromatic carbocycles. The van der Waals surface area contributed by atoms with E-state index in [0.717, 1.165) is 36.2 Å². The number of aromatic nitrogens is 2. The van der Waals surface area contributed by atoms with E-state index in [1.54, 1.807) is 27.9 Å². The molecule has 8 nitrogen and oxygen atoms in total. The molecule has 0 spiro atoms. The number of hydrogen-bond acceptors (Lipinski definition) is 5. The average molecular weight is 409 g/mol. The molecule has 0 atom stereocenters. The summed E-state index contributed by atoms with van der Waals surface area (Å²) in [6.07, 6.45) is 7.61. The van der Waals surface area contributed by atoms with Crippen molar-refractivity contribution >= 4 is 27.6 Å². The van der Waals surface area contributed by atoms with Crippen molar-refractivity contribution < 1.29 is 13.2 Å². The van der Waals surface area contributed by atoms with Crippen LogP contribution in [0.5, 0.6) is 0 Å². The molecule has 2 aromatic rings. The minimum absolute atomic E-state index is 0.0655. The summed E-state index contributed by atoms with van der Waals surface area (Å²) in [6.45, 7) is 0.277. The maximum atomic E-state index is 13.0. The molecule has 1 aromatic heterocycles. The normalized spacial score (nSPS) is 19.2. The average Bonchev–Trinajstić information content (AvgIpc) is 3.30. The van der Waals surface area contributed by atoms with E-state index in [4.69, 9.17) is 5.10 Å². The maximum Gasteiger partial charge on any atom is 0.258 e. The van der Waals surface area contributed by atoms with Crippen molar-refractivity contribution in [2.75, 3.05) is 17.6 Å². The van der Waals surface area contributed by atoms with Crippen LogP contribution in [0.25, 0.3) is 5.69 Å². The SMILES string of the molecule is O=C(Nc1c2c(nn1-c1ccccc1)CCC2)C1=CN2CCS(=O)(=O)N=C2C=C1. The number of carbonyl (C=O) groups is 1. The lowest BCUT2D eigenvalue weighted by Crippen LogP contribution is -2.37. The minimum atomic E-state index is -3.42. The van der Waals surface area contributed by atoms with Gasteiger partial charge in [0.1, 0.15) is 11.7 Å². The maximum absolute atomic E-state index is 13.0. The first-order chi connectivity index (χ1) is 14.0. The number of sulfonamides is 1. The molecule has 29 heavy (non-hydrogen) atoms. The summed E-state index contributed by atoms with van der Waals surface area (Å²) in [5.41, 5.74) is 3.43. The first-order valence-electron chi connectivity index (χ1n) is 9.47. The summed E-state index contributed by atoms with van der Waals surface area (Å²) in [6, 6.07) is 9.72. The van der Waals surface area contributed by atoms with Gasteiger partial charge in [-0.3, -0.25) is 4.79 Å². The second-order valence-corrected chi connectivity index (χ2v) is 8.93. The van der Waals surface area contributed by atoms with E-state index >= 15 is 0 Å². The Morgan fingerprint density at radius 1 is 1.10 bits per heavy atom. The molecule has 0 unspecified atom stereocenters. The summed E-state index contributed by atoms with van der Waals surface area (Å²) in [5.74, 6) is 0.705. The van der Waals surface area contributed by atoms with E-state index in [1.165, 1.54) is 0 Å². The highest BCUT2D eigenvalue weighted by Gasteiger charge is 2.27. The van der Waals surface area contributed by atoms with Crippen LogP contribution in [0.4, 0.5) is 5.82 Å². The van der Waals surface area contributed by atoms with Gasteiger partial charge in [-0.15, -0.1) is 4.40 Å². The Labute approximate surface area is 168 Å². The molecule has 1 N–H and O–H groups in total. The van der Waals surface area contributed by atoms with Crippen LogP contribution >= 0.6 is 0 Å². The molecular weight excluding hydrogens is 390 g/mol. The Bertz CT molecular complexity index is 1190. The standard InChI is InChI=1S/C20H19N5O3S/c26-20(14-9-10-18-23-29(27,28)12-11-24(18)13-14)21-19-16-7-4-8-17(16)22-25(19)15-5-2-1-3-6-15/h1-3,5-6,9-10,13H,4,7-8,11-12H2,(H,21,26). The highest BCUT2D eigenvalue weighted by Crippen LogP contribution is 2.31. The Morgan fingerprint density at radius 2 is 1.93 bits per heavy atom. The summed E-state index contributed by atoms with van der Waals surface area (Å²) in [7, 11) is -3.42. The van der Waals surface area contributed by atoms with Gasteiger partial charge in [0.2, 0.25) is 0 Å². The van der Waals surface area contributed by atoms with Crippen LogP contribution in [0, 0.1) is 0 Å². The van der Waals surface area contributed by atoms with Crippen molar-refractivity contribution in [3.63, 3.8) is 0 Å². The lowest BCUT2D eigenvalue weighted by molar-refractivity contribution is -0.112. The second-order valence-electron chi connectivity index (χ2n) is 7.18. The molecule has 5 rings (SSSR count). The molecule has 9 heteroatoms. The number of nitrogens with one attached hydrogen (secondary N) is 1. The van der Waals surface area contributed by atoms with E-state index < -0.39 is 10.0 Å². The third-order valence-corrected chi connectivity index (χ3v) is 6.39. The zero-order valence-electron chi connectivity index (χ0n) is 15.6. The summed E-state index contributed by atoms with van der Waals surface area (Å²) in [4.78, 5) is 14.7. The Kier molecular flexibility index (Phi) is 4.13. The first-order valence-corrected chi connectivity index (χ1v) is 11.1. The highest BCUT2D eigenvalue weighted by molar-refractivity contribution is 7.90. The molecule has 1 aliphatic carbocycles. The van der Waals surface area contributed by atoms with Crippen LogP contribution in [0.15, 0.2) is 58.7 Å². The largest absolute Gasteiger partial charge is 0.330 e. The number of nitrogens with zero attached hydrogens (tertiary/aromatic N) is 4. The van der Waals surface area contributed by atoms with Crippen molar-refractivity contribution in [2.24, 2.45) is 4.40 Å². The van der Waals surface area contributed by atoms with Gasteiger partial charge >= 0.3 is 0 Å².